The average Bonchev–Trinajstić information content (AvgIpc) is 2.03. The number of carbonyl (C=O) groups excluding carboxylic acids is 1. The second-order valence-electron chi connectivity index (χ2n) is 2.14. The van der Waals surface area contributed by atoms with E-state index in [2.05, 4.69) is 30.6 Å². The summed E-state index contributed by atoms with van der Waals surface area (Å²) in [6.07, 6.45) is 1.51. The monoisotopic (exact) mass is 230 g/mol. The van der Waals surface area contributed by atoms with Gasteiger partial charge >= 0.3 is 5.97 Å². The Kier molecular flexibility index (Phi) is 2.75. The molecule has 0 atom stereocenters. The van der Waals surface area contributed by atoms with Crippen molar-refractivity contribution in [3.8, 4) is 0 Å². The number of hydrogen-bond acceptors (Lipinski definition) is 4. The van der Waals surface area contributed by atoms with E-state index < -0.39 is 5.97 Å². The molecule has 0 aliphatic carbocycles. The fourth-order valence-electron chi connectivity index (χ4n) is 0.681. The Morgan fingerprint density at radius 3 is 2.83 bits per heavy atom. The predicted octanol–water partition coefficient (Wildman–Crippen LogP) is 1.33. The minimum atomic E-state index is -0.491. The summed E-state index contributed by atoms with van der Waals surface area (Å²) in [5.41, 5.74) is 0.942. The maximum absolute atomic E-state index is 11.0. The fourth-order valence-corrected chi connectivity index (χ4v) is 1.23. The van der Waals surface area contributed by atoms with Gasteiger partial charge in [0, 0.05) is 6.20 Å². The lowest BCUT2D eigenvalue weighted by Crippen LogP contribution is -2.06. The number of halogens is 1. The zero-order chi connectivity index (χ0) is 9.14. The number of rotatable bonds is 1. The minimum Gasteiger partial charge on any atom is -0.464 e. The smallest absolute Gasteiger partial charge is 0.359 e. The largest absolute Gasteiger partial charge is 0.464 e. The van der Waals surface area contributed by atoms with Gasteiger partial charge in [-0.1, -0.05) is 0 Å². The van der Waals surface area contributed by atoms with Crippen LogP contribution in [0.3, 0.4) is 0 Å². The summed E-state index contributed by atoms with van der Waals surface area (Å²) in [6.45, 7) is 1.79. The first-order valence-corrected chi connectivity index (χ1v) is 4.02. The third-order valence-corrected chi connectivity index (χ3v) is 1.78. The molecule has 12 heavy (non-hydrogen) atoms. The standard InChI is InChI=1S/C7H7BrN2O2/c1-4-3-9-5(6(8)10-4)7(11)12-2/h3H,1-2H3. The van der Waals surface area contributed by atoms with E-state index in [-0.39, 0.29) is 5.69 Å². The highest BCUT2D eigenvalue weighted by atomic mass is 79.9. The molecular formula is C7H7BrN2O2. The molecule has 0 aliphatic rings. The van der Waals surface area contributed by atoms with Gasteiger partial charge in [0.05, 0.1) is 12.8 Å². The van der Waals surface area contributed by atoms with Gasteiger partial charge in [0.25, 0.3) is 0 Å². The Hall–Kier alpha value is -0.970. The molecule has 0 spiro atoms. The lowest BCUT2D eigenvalue weighted by Gasteiger charge is -2.00. The molecule has 1 heterocycles. The Labute approximate surface area is 78.1 Å². The van der Waals surface area contributed by atoms with Crippen LogP contribution in [-0.4, -0.2) is 23.0 Å². The van der Waals surface area contributed by atoms with E-state index in [9.17, 15) is 4.79 Å². The summed E-state index contributed by atoms with van der Waals surface area (Å²) in [4.78, 5) is 18.9. The van der Waals surface area contributed by atoms with Crippen LogP contribution in [0.2, 0.25) is 0 Å². The normalized spacial score (nSPS) is 9.58. The summed E-state index contributed by atoms with van der Waals surface area (Å²) in [6, 6.07) is 0. The van der Waals surface area contributed by atoms with Crippen LogP contribution in [0, 0.1) is 6.92 Å². The number of aryl methyl sites for hydroxylation is 1. The average molecular weight is 231 g/mol. The molecule has 0 unspecified atom stereocenters. The van der Waals surface area contributed by atoms with E-state index in [4.69, 9.17) is 0 Å². The molecule has 1 rings (SSSR count). The highest BCUT2D eigenvalue weighted by molar-refractivity contribution is 9.10. The van der Waals surface area contributed by atoms with Gasteiger partial charge in [0.2, 0.25) is 0 Å². The van der Waals surface area contributed by atoms with Crippen molar-refractivity contribution in [3.63, 3.8) is 0 Å². The third kappa shape index (κ3) is 1.79. The molecule has 0 aliphatic heterocycles. The number of aromatic nitrogens is 2. The van der Waals surface area contributed by atoms with Crippen molar-refractivity contribution >= 4 is 21.9 Å². The molecule has 0 fully saturated rings. The number of methoxy groups -OCH3 is 1. The van der Waals surface area contributed by atoms with Crippen molar-refractivity contribution < 1.29 is 9.53 Å². The SMILES string of the molecule is COC(=O)c1ncc(C)nc1Br. The molecule has 64 valence electrons. The van der Waals surface area contributed by atoms with E-state index in [0.717, 1.165) is 5.69 Å². The van der Waals surface area contributed by atoms with Gasteiger partial charge in [-0.25, -0.2) is 14.8 Å². The Bertz CT molecular complexity index is 314. The first kappa shape index (κ1) is 9.12. The van der Waals surface area contributed by atoms with E-state index >= 15 is 0 Å². The van der Waals surface area contributed by atoms with Gasteiger partial charge in [0.15, 0.2) is 5.69 Å². The molecule has 1 aromatic rings. The Morgan fingerprint density at radius 2 is 2.33 bits per heavy atom. The molecule has 0 saturated heterocycles. The van der Waals surface area contributed by atoms with Crippen molar-refractivity contribution in [1.82, 2.24) is 9.97 Å². The van der Waals surface area contributed by atoms with Crippen LogP contribution < -0.4 is 0 Å². The van der Waals surface area contributed by atoms with Gasteiger partial charge in [-0.2, -0.15) is 0 Å². The first-order chi connectivity index (χ1) is 5.65. The van der Waals surface area contributed by atoms with Crippen LogP contribution in [0.15, 0.2) is 10.8 Å². The molecule has 0 amide bonds. The zero-order valence-corrected chi connectivity index (χ0v) is 8.25. The zero-order valence-electron chi connectivity index (χ0n) is 6.67. The van der Waals surface area contributed by atoms with E-state index in [0.29, 0.717) is 4.60 Å². The second kappa shape index (κ2) is 3.62. The van der Waals surface area contributed by atoms with Crippen molar-refractivity contribution in [2.75, 3.05) is 7.11 Å². The molecule has 0 aromatic carbocycles. The maximum atomic E-state index is 11.0. The lowest BCUT2D eigenvalue weighted by molar-refractivity contribution is 0.0592. The number of carbonyl (C=O) groups is 1. The molecule has 0 bridgehead atoms. The second-order valence-corrected chi connectivity index (χ2v) is 2.89. The van der Waals surface area contributed by atoms with Crippen LogP contribution in [-0.2, 0) is 4.74 Å². The molecule has 4 nitrogen and oxygen atoms in total. The topological polar surface area (TPSA) is 52.1 Å². The van der Waals surface area contributed by atoms with Crippen molar-refractivity contribution in [2.45, 2.75) is 6.92 Å². The lowest BCUT2D eigenvalue weighted by atomic mass is 10.4. The molecule has 0 N–H and O–H groups in total. The summed E-state index contributed by atoms with van der Waals surface area (Å²) in [7, 11) is 1.30. The van der Waals surface area contributed by atoms with Gasteiger partial charge in [-0.05, 0) is 22.9 Å². The van der Waals surface area contributed by atoms with Gasteiger partial charge < -0.3 is 4.74 Å². The molecule has 0 saturated carbocycles. The Morgan fingerprint density at radius 1 is 1.67 bits per heavy atom. The highest BCUT2D eigenvalue weighted by Gasteiger charge is 2.12. The van der Waals surface area contributed by atoms with Crippen LogP contribution in [0.4, 0.5) is 0 Å². The number of ether oxygens (including phenoxy) is 1. The van der Waals surface area contributed by atoms with Crippen molar-refractivity contribution in [2.24, 2.45) is 0 Å². The maximum Gasteiger partial charge on any atom is 0.359 e. The van der Waals surface area contributed by atoms with Crippen LogP contribution in [0.25, 0.3) is 0 Å². The summed E-state index contributed by atoms with van der Waals surface area (Å²) >= 11 is 3.11. The molecule has 5 heteroatoms. The van der Waals surface area contributed by atoms with Crippen molar-refractivity contribution in [3.05, 3.63) is 22.2 Å². The number of esters is 1. The quantitative estimate of drug-likeness (QED) is 0.684. The summed E-state index contributed by atoms with van der Waals surface area (Å²) < 4.78 is 4.90. The van der Waals surface area contributed by atoms with E-state index in [1.54, 1.807) is 6.92 Å². The third-order valence-electron chi connectivity index (χ3n) is 1.23. The molecule has 0 radical (unpaired) electrons. The van der Waals surface area contributed by atoms with Crippen molar-refractivity contribution in [1.29, 1.82) is 0 Å². The Balaban J connectivity index is 3.09. The fraction of sp³-hybridized carbons (Fsp3) is 0.286. The summed E-state index contributed by atoms with van der Waals surface area (Å²) in [5.74, 6) is -0.491. The highest BCUT2D eigenvalue weighted by Crippen LogP contribution is 2.11. The number of nitrogens with zero attached hydrogens (tertiary/aromatic N) is 2. The van der Waals surface area contributed by atoms with Gasteiger partial charge in [-0.15, -0.1) is 0 Å². The van der Waals surface area contributed by atoms with Crippen LogP contribution in [0.5, 0.6) is 0 Å². The van der Waals surface area contributed by atoms with Crippen LogP contribution >= 0.6 is 15.9 Å². The van der Waals surface area contributed by atoms with Gasteiger partial charge in [0.1, 0.15) is 4.60 Å². The van der Waals surface area contributed by atoms with E-state index in [1.165, 1.54) is 13.3 Å². The van der Waals surface area contributed by atoms with E-state index in [1.807, 2.05) is 0 Å². The van der Waals surface area contributed by atoms with Gasteiger partial charge in [-0.3, -0.25) is 0 Å². The predicted molar refractivity (Wildman–Crippen MR) is 45.8 cm³/mol. The van der Waals surface area contributed by atoms with Crippen LogP contribution in [0.1, 0.15) is 16.2 Å². The number of hydrogen-bond donors (Lipinski definition) is 0. The molecule has 1 aromatic heterocycles. The first-order valence-electron chi connectivity index (χ1n) is 3.22. The summed E-state index contributed by atoms with van der Waals surface area (Å²) in [5, 5.41) is 0. The minimum absolute atomic E-state index is 0.197. The molecular weight excluding hydrogens is 224 g/mol.